The number of hydrogen-bond acceptors (Lipinski definition) is 3. The monoisotopic (exact) mass is 505 g/mol. The van der Waals surface area contributed by atoms with Gasteiger partial charge in [-0.05, 0) is 78.4 Å². The van der Waals surface area contributed by atoms with E-state index in [0.717, 1.165) is 25.2 Å². The Kier molecular flexibility index (Phi) is 27.6. The summed E-state index contributed by atoms with van der Waals surface area (Å²) in [6, 6.07) is 0. The van der Waals surface area contributed by atoms with Crippen molar-refractivity contribution in [3.63, 3.8) is 0 Å². The van der Waals surface area contributed by atoms with Crippen LogP contribution in [0.1, 0.15) is 149 Å². The average molecular weight is 506 g/mol. The fourth-order valence-corrected chi connectivity index (χ4v) is 4.76. The first-order chi connectivity index (χ1) is 17.6. The lowest BCUT2D eigenvalue weighted by Gasteiger charge is -2.19. The summed E-state index contributed by atoms with van der Waals surface area (Å²) in [5.41, 5.74) is 0. The van der Waals surface area contributed by atoms with E-state index in [-0.39, 0.29) is 5.97 Å². The van der Waals surface area contributed by atoms with Gasteiger partial charge in [0.05, 0.1) is 6.61 Å². The Bertz CT molecular complexity index is 512. The first-order valence-corrected chi connectivity index (χ1v) is 15.7. The molecule has 0 aliphatic carbocycles. The second-order valence-electron chi connectivity index (χ2n) is 10.9. The number of ether oxygens (including phenoxy) is 1. The highest BCUT2D eigenvalue weighted by Crippen LogP contribution is 2.22. The maximum Gasteiger partial charge on any atom is 0.305 e. The van der Waals surface area contributed by atoms with E-state index >= 15 is 0 Å². The lowest BCUT2D eigenvalue weighted by atomic mass is 9.91. The van der Waals surface area contributed by atoms with E-state index in [1.54, 1.807) is 0 Å². The molecule has 36 heavy (non-hydrogen) atoms. The Hall–Kier alpha value is -1.09. The third-order valence-corrected chi connectivity index (χ3v) is 7.10. The first kappa shape index (κ1) is 34.9. The molecule has 0 radical (unpaired) electrons. The van der Waals surface area contributed by atoms with Crippen LogP contribution in [0, 0.1) is 5.92 Å². The molecule has 0 amide bonds. The van der Waals surface area contributed by atoms with Crippen molar-refractivity contribution in [3.05, 3.63) is 24.3 Å². The minimum absolute atomic E-state index is 0.0327. The molecular formula is C33H63NO2. The number of allylic oxidation sites excluding steroid dienone is 4. The highest BCUT2D eigenvalue weighted by Gasteiger charge is 2.09. The first-order valence-electron chi connectivity index (χ1n) is 15.7. The van der Waals surface area contributed by atoms with Gasteiger partial charge < -0.3 is 9.64 Å². The van der Waals surface area contributed by atoms with Crippen LogP contribution >= 0.6 is 0 Å². The van der Waals surface area contributed by atoms with Crippen molar-refractivity contribution in [2.75, 3.05) is 27.2 Å². The van der Waals surface area contributed by atoms with Gasteiger partial charge in [-0.25, -0.2) is 0 Å². The summed E-state index contributed by atoms with van der Waals surface area (Å²) in [6.07, 6.45) is 36.2. The quantitative estimate of drug-likeness (QED) is 0.0631. The van der Waals surface area contributed by atoms with Crippen LogP contribution in [0.2, 0.25) is 0 Å². The van der Waals surface area contributed by atoms with Crippen molar-refractivity contribution in [1.82, 2.24) is 4.90 Å². The molecule has 0 rings (SSSR count). The van der Waals surface area contributed by atoms with Crippen LogP contribution in [0.5, 0.6) is 0 Å². The molecule has 0 spiro atoms. The molecule has 0 aliphatic heterocycles. The highest BCUT2D eigenvalue weighted by atomic mass is 16.5. The van der Waals surface area contributed by atoms with Crippen LogP contribution in [0.3, 0.4) is 0 Å². The van der Waals surface area contributed by atoms with E-state index < -0.39 is 0 Å². The normalized spacial score (nSPS) is 12.8. The topological polar surface area (TPSA) is 29.5 Å². The molecule has 3 nitrogen and oxygen atoms in total. The Labute approximate surface area is 226 Å². The summed E-state index contributed by atoms with van der Waals surface area (Å²) in [4.78, 5) is 13.8. The second kappa shape index (κ2) is 28.5. The maximum atomic E-state index is 11.4. The van der Waals surface area contributed by atoms with Crippen molar-refractivity contribution < 1.29 is 9.53 Å². The lowest BCUT2D eigenvalue weighted by Crippen LogP contribution is -2.17. The van der Waals surface area contributed by atoms with Gasteiger partial charge in [0, 0.05) is 6.42 Å². The molecule has 0 aromatic heterocycles. The fourth-order valence-electron chi connectivity index (χ4n) is 4.76. The van der Waals surface area contributed by atoms with E-state index in [0.29, 0.717) is 13.0 Å². The van der Waals surface area contributed by atoms with Crippen LogP contribution in [0.25, 0.3) is 0 Å². The molecule has 0 saturated carbocycles. The predicted octanol–water partition coefficient (Wildman–Crippen LogP) is 10.1. The molecule has 0 aromatic rings. The van der Waals surface area contributed by atoms with E-state index in [9.17, 15) is 4.79 Å². The van der Waals surface area contributed by atoms with Crippen molar-refractivity contribution in [2.45, 2.75) is 149 Å². The van der Waals surface area contributed by atoms with Crippen LogP contribution in [0.4, 0.5) is 0 Å². The molecular weight excluding hydrogens is 442 g/mol. The lowest BCUT2D eigenvalue weighted by molar-refractivity contribution is -0.143. The standard InChI is InChI=1S/C33H63NO2/c1-5-7-8-9-10-11-12-13-14-15-16-17-18-19-20-21-24-27-32(30-31-34(3)4)28-25-22-23-26-29-33(35)36-6-2/h10-11,13-14,32H,5-9,12,15-31H2,1-4H3/b11-10-,14-13-. The second-order valence-corrected chi connectivity index (χ2v) is 10.9. The van der Waals surface area contributed by atoms with Crippen molar-refractivity contribution in [1.29, 1.82) is 0 Å². The van der Waals surface area contributed by atoms with Crippen molar-refractivity contribution in [2.24, 2.45) is 5.92 Å². The van der Waals surface area contributed by atoms with Gasteiger partial charge in [-0.3, -0.25) is 4.79 Å². The van der Waals surface area contributed by atoms with E-state index in [1.165, 1.54) is 116 Å². The Morgan fingerprint density at radius 1 is 0.667 bits per heavy atom. The zero-order valence-corrected chi connectivity index (χ0v) is 24.9. The largest absolute Gasteiger partial charge is 0.466 e. The van der Waals surface area contributed by atoms with Gasteiger partial charge in [0.1, 0.15) is 0 Å². The number of nitrogens with zero attached hydrogens (tertiary/aromatic N) is 1. The van der Waals surface area contributed by atoms with Crippen LogP contribution < -0.4 is 0 Å². The van der Waals surface area contributed by atoms with Crippen molar-refractivity contribution >= 4 is 5.97 Å². The summed E-state index contributed by atoms with van der Waals surface area (Å²) in [5, 5.41) is 0. The molecule has 0 fully saturated rings. The zero-order valence-electron chi connectivity index (χ0n) is 24.9. The van der Waals surface area contributed by atoms with Gasteiger partial charge in [0.25, 0.3) is 0 Å². The third-order valence-electron chi connectivity index (χ3n) is 7.10. The maximum absolute atomic E-state index is 11.4. The van der Waals surface area contributed by atoms with Crippen LogP contribution in [-0.2, 0) is 9.53 Å². The number of carbonyl (C=O) groups excluding carboxylic acids is 1. The van der Waals surface area contributed by atoms with Gasteiger partial charge in [-0.2, -0.15) is 0 Å². The number of rotatable bonds is 27. The minimum Gasteiger partial charge on any atom is -0.466 e. The summed E-state index contributed by atoms with van der Waals surface area (Å²) >= 11 is 0. The summed E-state index contributed by atoms with van der Waals surface area (Å²) in [7, 11) is 4.38. The molecule has 0 aromatic carbocycles. The summed E-state index contributed by atoms with van der Waals surface area (Å²) in [5.74, 6) is 0.838. The molecule has 212 valence electrons. The van der Waals surface area contributed by atoms with Crippen LogP contribution in [-0.4, -0.2) is 38.1 Å². The molecule has 0 N–H and O–H groups in total. The molecule has 0 saturated heterocycles. The fraction of sp³-hybridized carbons (Fsp3) is 0.848. The van der Waals surface area contributed by atoms with Gasteiger partial charge >= 0.3 is 5.97 Å². The molecule has 0 heterocycles. The predicted molar refractivity (Wildman–Crippen MR) is 160 cm³/mol. The number of carbonyl (C=O) groups is 1. The Balaban J connectivity index is 3.69. The summed E-state index contributed by atoms with van der Waals surface area (Å²) in [6.45, 7) is 5.85. The summed E-state index contributed by atoms with van der Waals surface area (Å²) < 4.78 is 5.02. The van der Waals surface area contributed by atoms with Gasteiger partial charge in [0.15, 0.2) is 0 Å². The van der Waals surface area contributed by atoms with E-state index in [1.807, 2.05) is 6.92 Å². The van der Waals surface area contributed by atoms with E-state index in [2.05, 4.69) is 50.2 Å². The molecule has 3 heteroatoms. The highest BCUT2D eigenvalue weighted by molar-refractivity contribution is 5.69. The number of esters is 1. The van der Waals surface area contributed by atoms with Crippen LogP contribution in [0.15, 0.2) is 24.3 Å². The number of unbranched alkanes of at least 4 members (excludes halogenated alkanes) is 13. The van der Waals surface area contributed by atoms with Gasteiger partial charge in [-0.1, -0.05) is 115 Å². The smallest absolute Gasteiger partial charge is 0.305 e. The van der Waals surface area contributed by atoms with E-state index in [4.69, 9.17) is 4.74 Å². The molecule has 1 unspecified atom stereocenters. The zero-order chi connectivity index (χ0) is 26.5. The molecule has 0 bridgehead atoms. The molecule has 0 aliphatic rings. The SMILES string of the molecule is CCCCC/C=C\C/C=C\CCCCCCCCCC(CCCCCCC(=O)OCC)CCN(C)C. The van der Waals surface area contributed by atoms with Gasteiger partial charge in [-0.15, -0.1) is 0 Å². The van der Waals surface area contributed by atoms with Crippen molar-refractivity contribution in [3.8, 4) is 0 Å². The molecule has 1 atom stereocenters. The Morgan fingerprint density at radius 2 is 1.19 bits per heavy atom. The Morgan fingerprint density at radius 3 is 1.75 bits per heavy atom. The third kappa shape index (κ3) is 27.5. The average Bonchev–Trinajstić information content (AvgIpc) is 2.86. The van der Waals surface area contributed by atoms with Gasteiger partial charge in [0.2, 0.25) is 0 Å². The number of hydrogen-bond donors (Lipinski definition) is 0. The minimum atomic E-state index is -0.0327.